The van der Waals surface area contributed by atoms with E-state index in [1.165, 1.54) is 12.8 Å². The third kappa shape index (κ3) is 7.30. The van der Waals surface area contributed by atoms with Gasteiger partial charge in [-0.25, -0.2) is 5.43 Å². The van der Waals surface area contributed by atoms with E-state index in [1.54, 1.807) is 24.4 Å². The molecular weight excluding hydrogens is 388 g/mol. The summed E-state index contributed by atoms with van der Waals surface area (Å²) in [7, 11) is 0. The molecule has 0 radical (unpaired) electrons. The number of hydrogen-bond acceptors (Lipinski definition) is 4. The van der Waals surface area contributed by atoms with Crippen LogP contribution in [0.3, 0.4) is 0 Å². The molecule has 1 amide bonds. The van der Waals surface area contributed by atoms with E-state index < -0.39 is 0 Å². The summed E-state index contributed by atoms with van der Waals surface area (Å²) in [5, 5.41) is 4.07. The highest BCUT2D eigenvalue weighted by Crippen LogP contribution is 2.19. The van der Waals surface area contributed by atoms with Crippen LogP contribution in [0.2, 0.25) is 0 Å². The van der Waals surface area contributed by atoms with Crippen LogP contribution in [0.15, 0.2) is 84.0 Å². The molecule has 160 valence electrons. The Kier molecular flexibility index (Phi) is 8.68. The van der Waals surface area contributed by atoms with E-state index >= 15 is 0 Å². The Morgan fingerprint density at radius 1 is 0.903 bits per heavy atom. The molecule has 0 aliphatic carbocycles. The topological polar surface area (TPSA) is 59.9 Å². The number of rotatable bonds is 11. The van der Waals surface area contributed by atoms with Gasteiger partial charge in [0.15, 0.2) is 0 Å². The lowest BCUT2D eigenvalue weighted by molar-refractivity contribution is 0.0950. The van der Waals surface area contributed by atoms with Gasteiger partial charge in [0.25, 0.3) is 5.91 Å². The van der Waals surface area contributed by atoms with Crippen molar-refractivity contribution in [3.63, 3.8) is 0 Å². The van der Waals surface area contributed by atoms with Gasteiger partial charge >= 0.3 is 0 Å². The van der Waals surface area contributed by atoms with Crippen LogP contribution in [0.5, 0.6) is 11.5 Å². The molecule has 0 bridgehead atoms. The maximum Gasteiger partial charge on any atom is 0.275 e. The largest absolute Gasteiger partial charge is 0.494 e. The average Bonchev–Trinajstić information content (AvgIpc) is 2.82. The lowest BCUT2D eigenvalue weighted by atomic mass is 10.2. The predicted octanol–water partition coefficient (Wildman–Crippen LogP) is 5.60. The van der Waals surface area contributed by atoms with Gasteiger partial charge in [0.1, 0.15) is 18.1 Å². The van der Waals surface area contributed by atoms with Crippen molar-refractivity contribution in [2.45, 2.75) is 32.8 Å². The molecule has 31 heavy (non-hydrogen) atoms. The van der Waals surface area contributed by atoms with Gasteiger partial charge in [0.2, 0.25) is 0 Å². The van der Waals surface area contributed by atoms with Crippen molar-refractivity contribution < 1.29 is 14.3 Å². The Morgan fingerprint density at radius 2 is 1.65 bits per heavy atom. The molecule has 0 aromatic heterocycles. The lowest BCUT2D eigenvalue weighted by Gasteiger charge is -2.10. The molecule has 0 fully saturated rings. The van der Waals surface area contributed by atoms with Crippen LogP contribution >= 0.6 is 0 Å². The zero-order valence-electron chi connectivity index (χ0n) is 17.8. The molecule has 3 aromatic rings. The first-order valence-corrected chi connectivity index (χ1v) is 10.6. The first kappa shape index (κ1) is 22.1. The summed E-state index contributed by atoms with van der Waals surface area (Å²) in [5.74, 6) is 1.03. The number of ether oxygens (including phenoxy) is 2. The zero-order valence-corrected chi connectivity index (χ0v) is 17.8. The molecule has 0 aliphatic rings. The van der Waals surface area contributed by atoms with E-state index in [0.717, 1.165) is 29.9 Å². The van der Waals surface area contributed by atoms with Crippen LogP contribution in [-0.2, 0) is 6.61 Å². The summed E-state index contributed by atoms with van der Waals surface area (Å²) >= 11 is 0. The first-order valence-electron chi connectivity index (χ1n) is 10.6. The number of unbranched alkanes of at least 4 members (excludes halogenated alkanes) is 2. The molecule has 0 saturated carbocycles. The zero-order chi connectivity index (χ0) is 21.7. The minimum Gasteiger partial charge on any atom is -0.494 e. The lowest BCUT2D eigenvalue weighted by Crippen LogP contribution is -2.18. The van der Waals surface area contributed by atoms with Crippen molar-refractivity contribution in [1.82, 2.24) is 5.43 Å². The van der Waals surface area contributed by atoms with E-state index in [-0.39, 0.29) is 5.91 Å². The minimum atomic E-state index is -0.323. The van der Waals surface area contributed by atoms with Gasteiger partial charge in [0, 0.05) is 0 Å². The molecule has 3 rings (SSSR count). The maximum absolute atomic E-state index is 12.6. The Morgan fingerprint density at radius 3 is 2.42 bits per heavy atom. The van der Waals surface area contributed by atoms with E-state index in [2.05, 4.69) is 17.5 Å². The average molecular weight is 417 g/mol. The SMILES string of the molecule is CCCCCOc1ccc(C=NNC(=O)c2ccccc2OCc2ccccc2)cc1. The summed E-state index contributed by atoms with van der Waals surface area (Å²) in [4.78, 5) is 12.6. The Labute approximate surface area is 183 Å². The van der Waals surface area contributed by atoms with E-state index in [9.17, 15) is 4.79 Å². The summed E-state index contributed by atoms with van der Waals surface area (Å²) in [6.07, 6.45) is 5.01. The molecule has 5 nitrogen and oxygen atoms in total. The number of amides is 1. The van der Waals surface area contributed by atoms with Gasteiger partial charge in [-0.2, -0.15) is 5.10 Å². The third-order valence-electron chi connectivity index (χ3n) is 4.65. The Balaban J connectivity index is 1.53. The number of carbonyl (C=O) groups excluding carboxylic acids is 1. The van der Waals surface area contributed by atoms with Gasteiger partial charge in [0.05, 0.1) is 18.4 Å². The number of nitrogens with zero attached hydrogens (tertiary/aromatic N) is 1. The number of para-hydroxylation sites is 1. The quantitative estimate of drug-likeness (QED) is 0.251. The highest BCUT2D eigenvalue weighted by Gasteiger charge is 2.11. The van der Waals surface area contributed by atoms with Gasteiger partial charge in [-0.05, 0) is 53.9 Å². The van der Waals surface area contributed by atoms with Gasteiger partial charge in [-0.1, -0.05) is 62.2 Å². The second-order valence-electron chi connectivity index (χ2n) is 7.09. The van der Waals surface area contributed by atoms with Crippen LogP contribution in [-0.4, -0.2) is 18.7 Å². The maximum atomic E-state index is 12.6. The fourth-order valence-corrected chi connectivity index (χ4v) is 2.93. The molecule has 0 saturated heterocycles. The van der Waals surface area contributed by atoms with Gasteiger partial charge in [-0.3, -0.25) is 4.79 Å². The van der Waals surface area contributed by atoms with Crippen LogP contribution in [0, 0.1) is 0 Å². The Hall–Kier alpha value is -3.60. The highest BCUT2D eigenvalue weighted by molar-refractivity contribution is 5.97. The number of hydrogen-bond donors (Lipinski definition) is 1. The predicted molar refractivity (Wildman–Crippen MR) is 124 cm³/mol. The normalized spacial score (nSPS) is 10.7. The smallest absolute Gasteiger partial charge is 0.275 e. The number of nitrogens with one attached hydrogen (secondary N) is 1. The van der Waals surface area contributed by atoms with Crippen LogP contribution in [0.4, 0.5) is 0 Å². The second kappa shape index (κ2) is 12.2. The van der Waals surface area contributed by atoms with E-state index in [4.69, 9.17) is 9.47 Å². The van der Waals surface area contributed by atoms with E-state index in [0.29, 0.717) is 17.9 Å². The van der Waals surface area contributed by atoms with Crippen LogP contribution in [0.25, 0.3) is 0 Å². The van der Waals surface area contributed by atoms with Crippen molar-refractivity contribution in [2.24, 2.45) is 5.10 Å². The van der Waals surface area contributed by atoms with Crippen molar-refractivity contribution in [2.75, 3.05) is 6.61 Å². The molecule has 5 heteroatoms. The Bertz CT molecular complexity index is 969. The molecule has 0 atom stereocenters. The van der Waals surface area contributed by atoms with Gasteiger partial charge < -0.3 is 9.47 Å². The number of carbonyl (C=O) groups is 1. The van der Waals surface area contributed by atoms with Crippen molar-refractivity contribution in [3.05, 3.63) is 95.6 Å². The summed E-state index contributed by atoms with van der Waals surface area (Å²) in [6, 6.07) is 24.6. The summed E-state index contributed by atoms with van der Waals surface area (Å²) < 4.78 is 11.5. The molecule has 1 N–H and O–H groups in total. The van der Waals surface area contributed by atoms with Crippen molar-refractivity contribution in [1.29, 1.82) is 0 Å². The van der Waals surface area contributed by atoms with Crippen molar-refractivity contribution >= 4 is 12.1 Å². The number of benzene rings is 3. The third-order valence-corrected chi connectivity index (χ3v) is 4.65. The molecule has 3 aromatic carbocycles. The summed E-state index contributed by atoms with van der Waals surface area (Å²) in [6.45, 7) is 3.29. The van der Waals surface area contributed by atoms with E-state index in [1.807, 2.05) is 60.7 Å². The monoisotopic (exact) mass is 416 g/mol. The molecule has 0 unspecified atom stereocenters. The molecule has 0 aliphatic heterocycles. The fourth-order valence-electron chi connectivity index (χ4n) is 2.93. The molecule has 0 heterocycles. The van der Waals surface area contributed by atoms with Crippen molar-refractivity contribution in [3.8, 4) is 11.5 Å². The molecule has 0 spiro atoms. The second-order valence-corrected chi connectivity index (χ2v) is 7.09. The van der Waals surface area contributed by atoms with Gasteiger partial charge in [-0.15, -0.1) is 0 Å². The number of hydrazone groups is 1. The highest BCUT2D eigenvalue weighted by atomic mass is 16.5. The first-order chi connectivity index (χ1) is 15.3. The van der Waals surface area contributed by atoms with Crippen LogP contribution in [0.1, 0.15) is 47.7 Å². The standard InChI is InChI=1S/C26H28N2O3/c1-2-3-9-18-30-23-16-14-21(15-17-23)19-27-28-26(29)24-12-7-8-13-25(24)31-20-22-10-5-4-6-11-22/h4-8,10-17,19H,2-3,9,18,20H2,1H3,(H,28,29). The minimum absolute atomic E-state index is 0.323. The fraction of sp³-hybridized carbons (Fsp3) is 0.231. The van der Waals surface area contributed by atoms with Crippen LogP contribution < -0.4 is 14.9 Å². The summed E-state index contributed by atoms with van der Waals surface area (Å²) in [5.41, 5.74) is 4.91. The molecular formula is C26H28N2O3.